The number of nitro benzene ring substituents is 1. The number of carbonyl (C=O) groups excluding carboxylic acids is 1. The van der Waals surface area contributed by atoms with Gasteiger partial charge in [0.05, 0.1) is 12.0 Å². The molecule has 0 aromatic heterocycles. The van der Waals surface area contributed by atoms with Crippen LogP contribution in [0.4, 0.5) is 11.4 Å². The van der Waals surface area contributed by atoms with Crippen LogP contribution in [0.2, 0.25) is 0 Å². The summed E-state index contributed by atoms with van der Waals surface area (Å²) >= 11 is 0. The molecule has 0 aliphatic carbocycles. The smallest absolute Gasteiger partial charge is 0.292 e. The van der Waals surface area contributed by atoms with Crippen LogP contribution in [0.1, 0.15) is 10.4 Å². The third-order valence-corrected chi connectivity index (χ3v) is 2.93. The predicted octanol–water partition coefficient (Wildman–Crippen LogP) is 3.41. The Labute approximate surface area is 127 Å². The Morgan fingerprint density at radius 1 is 1.23 bits per heavy atom. The molecule has 2 rings (SSSR count). The Balaban J connectivity index is 2.09. The molecule has 0 atom stereocenters. The minimum Gasteiger partial charge on any atom is -0.497 e. The zero-order valence-electron chi connectivity index (χ0n) is 11.9. The largest absolute Gasteiger partial charge is 0.497 e. The van der Waals surface area contributed by atoms with E-state index in [1.54, 1.807) is 42.5 Å². The molecule has 22 heavy (non-hydrogen) atoms. The van der Waals surface area contributed by atoms with E-state index in [0.717, 1.165) is 0 Å². The molecule has 0 radical (unpaired) electrons. The second-order valence-corrected chi connectivity index (χ2v) is 4.35. The highest BCUT2D eigenvalue weighted by Crippen LogP contribution is 2.23. The van der Waals surface area contributed by atoms with E-state index < -0.39 is 4.92 Å². The van der Waals surface area contributed by atoms with Crippen molar-refractivity contribution in [3.05, 3.63) is 76.5 Å². The number of nitrogens with one attached hydrogen (secondary N) is 1. The van der Waals surface area contributed by atoms with Gasteiger partial charge in [0.1, 0.15) is 11.4 Å². The van der Waals surface area contributed by atoms with E-state index in [2.05, 4.69) is 5.32 Å². The Morgan fingerprint density at radius 3 is 2.73 bits per heavy atom. The van der Waals surface area contributed by atoms with Crippen LogP contribution in [0.15, 0.2) is 60.8 Å². The average Bonchev–Trinajstić information content (AvgIpc) is 2.55. The SMILES string of the molecule is COc1cccc(C(=O)/C=C/Nc2ccccc2[N+](=O)[O-])c1. The Morgan fingerprint density at radius 2 is 2.00 bits per heavy atom. The molecule has 112 valence electrons. The van der Waals surface area contributed by atoms with Gasteiger partial charge in [0, 0.05) is 23.9 Å². The minimum absolute atomic E-state index is 0.0546. The van der Waals surface area contributed by atoms with Crippen LogP contribution >= 0.6 is 0 Å². The van der Waals surface area contributed by atoms with Crippen LogP contribution in [0.5, 0.6) is 5.75 Å². The molecule has 6 nitrogen and oxygen atoms in total. The summed E-state index contributed by atoms with van der Waals surface area (Å²) in [5.74, 6) is 0.357. The predicted molar refractivity (Wildman–Crippen MR) is 83.2 cm³/mol. The van der Waals surface area contributed by atoms with Gasteiger partial charge in [0.2, 0.25) is 0 Å². The van der Waals surface area contributed by atoms with Crippen LogP contribution in [0.3, 0.4) is 0 Å². The maximum absolute atomic E-state index is 12.0. The molecule has 0 heterocycles. The van der Waals surface area contributed by atoms with Crippen LogP contribution in [-0.2, 0) is 0 Å². The van der Waals surface area contributed by atoms with Crippen molar-refractivity contribution in [2.45, 2.75) is 0 Å². The number of nitrogens with zero attached hydrogens (tertiary/aromatic N) is 1. The lowest BCUT2D eigenvalue weighted by Crippen LogP contribution is -1.98. The van der Waals surface area contributed by atoms with Gasteiger partial charge in [0.15, 0.2) is 5.78 Å². The number of anilines is 1. The summed E-state index contributed by atoms with van der Waals surface area (Å²) in [4.78, 5) is 22.4. The molecule has 0 unspecified atom stereocenters. The minimum atomic E-state index is -0.486. The standard InChI is InChI=1S/C16H14N2O4/c1-22-13-6-4-5-12(11-13)16(19)9-10-17-14-7-2-3-8-15(14)18(20)21/h2-11,17H,1H3/b10-9+. The number of ketones is 1. The van der Waals surface area contributed by atoms with Crippen molar-refractivity contribution in [3.63, 3.8) is 0 Å². The average molecular weight is 298 g/mol. The number of carbonyl (C=O) groups is 1. The normalized spacial score (nSPS) is 10.4. The topological polar surface area (TPSA) is 81.5 Å². The molecule has 0 spiro atoms. The monoisotopic (exact) mass is 298 g/mol. The number of hydrogen-bond acceptors (Lipinski definition) is 5. The lowest BCUT2D eigenvalue weighted by Gasteiger charge is -2.02. The van der Waals surface area contributed by atoms with Crippen LogP contribution in [0.25, 0.3) is 0 Å². The zero-order valence-corrected chi connectivity index (χ0v) is 11.9. The number of hydrogen-bond donors (Lipinski definition) is 1. The van der Waals surface area contributed by atoms with Crippen molar-refractivity contribution in [3.8, 4) is 5.75 Å². The summed E-state index contributed by atoms with van der Waals surface area (Å²) in [6.07, 6.45) is 2.69. The maximum atomic E-state index is 12.0. The zero-order chi connectivity index (χ0) is 15.9. The summed E-state index contributed by atoms with van der Waals surface area (Å²) < 4.78 is 5.05. The maximum Gasteiger partial charge on any atom is 0.292 e. The van der Waals surface area contributed by atoms with Crippen molar-refractivity contribution in [2.75, 3.05) is 12.4 Å². The fourth-order valence-electron chi connectivity index (χ4n) is 1.83. The molecular formula is C16H14N2O4. The van der Waals surface area contributed by atoms with E-state index in [1.807, 2.05) is 0 Å². The van der Waals surface area contributed by atoms with Crippen molar-refractivity contribution in [1.29, 1.82) is 0 Å². The lowest BCUT2D eigenvalue weighted by molar-refractivity contribution is -0.383. The molecule has 6 heteroatoms. The number of ether oxygens (including phenoxy) is 1. The van der Waals surface area contributed by atoms with Gasteiger partial charge >= 0.3 is 0 Å². The first-order valence-electron chi connectivity index (χ1n) is 6.46. The van der Waals surface area contributed by atoms with Gasteiger partial charge in [-0.2, -0.15) is 0 Å². The first-order chi connectivity index (χ1) is 10.6. The molecule has 0 fully saturated rings. The molecule has 0 saturated heterocycles. The van der Waals surface area contributed by atoms with Gasteiger partial charge < -0.3 is 10.1 Å². The molecule has 0 aliphatic rings. The summed E-state index contributed by atoms with van der Waals surface area (Å²) in [6.45, 7) is 0. The van der Waals surface area contributed by atoms with Gasteiger partial charge in [0.25, 0.3) is 5.69 Å². The first kappa shape index (κ1) is 15.2. The second kappa shape index (κ2) is 7.03. The van der Waals surface area contributed by atoms with Crippen LogP contribution < -0.4 is 10.1 Å². The van der Waals surface area contributed by atoms with E-state index >= 15 is 0 Å². The van der Waals surface area contributed by atoms with Gasteiger partial charge in [-0.1, -0.05) is 24.3 Å². The fourth-order valence-corrected chi connectivity index (χ4v) is 1.83. The third kappa shape index (κ3) is 3.69. The number of para-hydroxylation sites is 2. The second-order valence-electron chi connectivity index (χ2n) is 4.35. The Kier molecular flexibility index (Phi) is 4.87. The summed E-state index contributed by atoms with van der Waals surface area (Å²) in [5, 5.41) is 13.6. The van der Waals surface area contributed by atoms with Gasteiger partial charge in [-0.05, 0) is 18.2 Å². The Bertz CT molecular complexity index is 726. The van der Waals surface area contributed by atoms with Gasteiger partial charge in [-0.15, -0.1) is 0 Å². The molecule has 0 bridgehead atoms. The van der Waals surface area contributed by atoms with Crippen LogP contribution in [0, 0.1) is 10.1 Å². The van der Waals surface area contributed by atoms with E-state index in [-0.39, 0.29) is 11.5 Å². The number of rotatable bonds is 6. The summed E-state index contributed by atoms with van der Waals surface area (Å²) in [5.41, 5.74) is 0.739. The van der Waals surface area contributed by atoms with Gasteiger partial charge in [-0.3, -0.25) is 14.9 Å². The van der Waals surface area contributed by atoms with Crippen molar-refractivity contribution in [1.82, 2.24) is 0 Å². The third-order valence-electron chi connectivity index (χ3n) is 2.93. The van der Waals surface area contributed by atoms with E-state index in [9.17, 15) is 14.9 Å². The lowest BCUT2D eigenvalue weighted by atomic mass is 10.1. The van der Waals surface area contributed by atoms with E-state index in [4.69, 9.17) is 4.74 Å². The number of allylic oxidation sites excluding steroid dienone is 1. The Hall–Kier alpha value is -3.15. The van der Waals surface area contributed by atoms with Crippen molar-refractivity contribution in [2.24, 2.45) is 0 Å². The van der Waals surface area contributed by atoms with Gasteiger partial charge in [-0.25, -0.2) is 0 Å². The first-order valence-corrected chi connectivity index (χ1v) is 6.46. The molecule has 0 saturated carbocycles. The number of nitro groups is 1. The molecule has 2 aromatic carbocycles. The highest BCUT2D eigenvalue weighted by Gasteiger charge is 2.10. The quantitative estimate of drug-likeness (QED) is 0.382. The number of methoxy groups -OCH3 is 1. The summed E-state index contributed by atoms with van der Waals surface area (Å²) in [6, 6.07) is 13.0. The van der Waals surface area contributed by atoms with Crippen molar-refractivity contribution < 1.29 is 14.5 Å². The molecular weight excluding hydrogens is 284 g/mol. The molecule has 2 aromatic rings. The number of benzene rings is 2. The van der Waals surface area contributed by atoms with Crippen LogP contribution in [-0.4, -0.2) is 17.8 Å². The van der Waals surface area contributed by atoms with E-state index in [0.29, 0.717) is 17.0 Å². The molecule has 0 aliphatic heterocycles. The highest BCUT2D eigenvalue weighted by molar-refractivity contribution is 6.04. The van der Waals surface area contributed by atoms with E-state index in [1.165, 1.54) is 25.5 Å². The molecule has 1 N–H and O–H groups in total. The molecule has 0 amide bonds. The fraction of sp³-hybridized carbons (Fsp3) is 0.0625. The highest BCUT2D eigenvalue weighted by atomic mass is 16.6. The van der Waals surface area contributed by atoms with Crippen molar-refractivity contribution >= 4 is 17.2 Å². The summed E-state index contributed by atoms with van der Waals surface area (Å²) in [7, 11) is 1.52.